The summed E-state index contributed by atoms with van der Waals surface area (Å²) in [6.45, 7) is 3.62. The summed E-state index contributed by atoms with van der Waals surface area (Å²) in [7, 11) is 0. The minimum Gasteiger partial charge on any atom is -0.481 e. The van der Waals surface area contributed by atoms with Crippen molar-refractivity contribution in [3.63, 3.8) is 0 Å². The van der Waals surface area contributed by atoms with Gasteiger partial charge in [-0.3, -0.25) is 19.2 Å². The first-order valence-electron chi connectivity index (χ1n) is 11.7. The SMILES string of the molecule is CC(C)[C@H](NC(=O)[C@@H](N)Cc1ccccc1)C(=O)N[C@@H](CCC(=O)O)C(=O)N1CCC[C@H]1C(=O)O. The Labute approximate surface area is 204 Å². The number of carbonyl (C=O) groups is 5. The van der Waals surface area contributed by atoms with Gasteiger partial charge in [0.05, 0.1) is 6.04 Å². The van der Waals surface area contributed by atoms with Crippen LogP contribution in [0.4, 0.5) is 0 Å². The zero-order chi connectivity index (χ0) is 26.1. The Morgan fingerprint density at radius 2 is 1.71 bits per heavy atom. The van der Waals surface area contributed by atoms with Gasteiger partial charge in [0.2, 0.25) is 17.7 Å². The van der Waals surface area contributed by atoms with E-state index in [2.05, 4.69) is 10.6 Å². The lowest BCUT2D eigenvalue weighted by atomic mass is 10.00. The number of hydrogen-bond acceptors (Lipinski definition) is 6. The van der Waals surface area contributed by atoms with Crippen LogP contribution >= 0.6 is 0 Å². The second-order valence-electron chi connectivity index (χ2n) is 9.05. The van der Waals surface area contributed by atoms with Gasteiger partial charge >= 0.3 is 11.9 Å². The highest BCUT2D eigenvalue weighted by Gasteiger charge is 2.38. The number of benzene rings is 1. The maximum Gasteiger partial charge on any atom is 0.326 e. The van der Waals surface area contributed by atoms with E-state index in [0.29, 0.717) is 6.42 Å². The Morgan fingerprint density at radius 1 is 1.06 bits per heavy atom. The number of likely N-dealkylation sites (tertiary alicyclic amines) is 1. The van der Waals surface area contributed by atoms with Crippen LogP contribution in [0.25, 0.3) is 0 Å². The van der Waals surface area contributed by atoms with Crippen LogP contribution in [0.5, 0.6) is 0 Å². The lowest BCUT2D eigenvalue weighted by Gasteiger charge is -2.29. The van der Waals surface area contributed by atoms with Crippen molar-refractivity contribution in [3.05, 3.63) is 35.9 Å². The lowest BCUT2D eigenvalue weighted by molar-refractivity contribution is -0.150. The fourth-order valence-corrected chi connectivity index (χ4v) is 4.03. The minimum absolute atomic E-state index is 0.202. The van der Waals surface area contributed by atoms with Gasteiger partial charge in [0, 0.05) is 13.0 Å². The Hall–Kier alpha value is -3.47. The first-order chi connectivity index (χ1) is 16.5. The maximum absolute atomic E-state index is 13.1. The van der Waals surface area contributed by atoms with Gasteiger partial charge in [-0.25, -0.2) is 4.79 Å². The molecule has 0 bridgehead atoms. The molecule has 0 spiro atoms. The monoisotopic (exact) mass is 490 g/mol. The molecule has 2 rings (SSSR count). The molecule has 1 fully saturated rings. The molecule has 0 radical (unpaired) electrons. The molecule has 4 atom stereocenters. The van der Waals surface area contributed by atoms with Crippen LogP contribution in [0.1, 0.15) is 45.1 Å². The third-order valence-corrected chi connectivity index (χ3v) is 5.96. The molecule has 35 heavy (non-hydrogen) atoms. The predicted octanol–water partition coefficient (Wildman–Crippen LogP) is 0.122. The normalized spacial score (nSPS) is 17.9. The smallest absolute Gasteiger partial charge is 0.326 e. The Kier molecular flexibility index (Phi) is 10.2. The third kappa shape index (κ3) is 8.06. The van der Waals surface area contributed by atoms with E-state index in [0.717, 1.165) is 10.5 Å². The van der Waals surface area contributed by atoms with E-state index in [1.54, 1.807) is 13.8 Å². The number of hydrogen-bond donors (Lipinski definition) is 5. The second-order valence-corrected chi connectivity index (χ2v) is 9.05. The van der Waals surface area contributed by atoms with Gasteiger partial charge in [-0.2, -0.15) is 0 Å². The van der Waals surface area contributed by atoms with E-state index in [4.69, 9.17) is 10.8 Å². The van der Waals surface area contributed by atoms with Crippen LogP contribution in [-0.4, -0.2) is 75.5 Å². The quantitative estimate of drug-likeness (QED) is 0.274. The standard InChI is InChI=1S/C24H34N4O7/c1-14(2)20(27-21(31)16(25)13-15-7-4-3-5-8-15)22(32)26-17(10-11-19(29)30)23(33)28-12-6-9-18(28)24(34)35/h3-5,7-8,14,16-18,20H,6,9-13,25H2,1-2H3,(H,26,32)(H,27,31)(H,29,30)(H,34,35)/t16-,17-,18-,20-/m0/s1. The molecule has 1 aromatic rings. The van der Waals surface area contributed by atoms with E-state index in [1.165, 1.54) is 0 Å². The molecular formula is C24H34N4O7. The highest BCUT2D eigenvalue weighted by Crippen LogP contribution is 2.20. The van der Waals surface area contributed by atoms with Crippen molar-refractivity contribution >= 4 is 29.7 Å². The molecule has 0 aliphatic carbocycles. The number of nitrogens with zero attached hydrogens (tertiary/aromatic N) is 1. The van der Waals surface area contributed by atoms with Gasteiger partial charge in [0.1, 0.15) is 18.1 Å². The zero-order valence-electron chi connectivity index (χ0n) is 20.0. The number of nitrogens with two attached hydrogens (primary N) is 1. The maximum atomic E-state index is 13.1. The summed E-state index contributed by atoms with van der Waals surface area (Å²) in [6.07, 6.45) is 0.430. The van der Waals surface area contributed by atoms with E-state index in [1.807, 2.05) is 30.3 Å². The summed E-state index contributed by atoms with van der Waals surface area (Å²) >= 11 is 0. The van der Waals surface area contributed by atoms with Crippen LogP contribution in [0.15, 0.2) is 30.3 Å². The zero-order valence-corrected chi connectivity index (χ0v) is 20.0. The molecule has 11 heteroatoms. The Morgan fingerprint density at radius 3 is 2.29 bits per heavy atom. The first kappa shape index (κ1) is 27.8. The molecule has 6 N–H and O–H groups in total. The molecule has 0 aromatic heterocycles. The summed E-state index contributed by atoms with van der Waals surface area (Å²) in [5, 5.41) is 23.6. The second kappa shape index (κ2) is 12.8. The molecule has 1 aromatic carbocycles. The van der Waals surface area contributed by atoms with Crippen molar-refractivity contribution in [3.8, 4) is 0 Å². The van der Waals surface area contributed by atoms with Crippen LogP contribution < -0.4 is 16.4 Å². The average Bonchev–Trinajstić information content (AvgIpc) is 3.30. The summed E-state index contributed by atoms with van der Waals surface area (Å²) in [4.78, 5) is 62.6. The average molecular weight is 491 g/mol. The van der Waals surface area contributed by atoms with Crippen molar-refractivity contribution in [1.29, 1.82) is 0 Å². The highest BCUT2D eigenvalue weighted by molar-refractivity contribution is 5.94. The molecule has 1 aliphatic rings. The van der Waals surface area contributed by atoms with Crippen LogP contribution in [0.2, 0.25) is 0 Å². The van der Waals surface area contributed by atoms with E-state index < -0.39 is 60.2 Å². The van der Waals surface area contributed by atoms with Crippen LogP contribution in [0, 0.1) is 5.92 Å². The van der Waals surface area contributed by atoms with Crippen molar-refractivity contribution in [1.82, 2.24) is 15.5 Å². The number of aliphatic carboxylic acids is 2. The minimum atomic E-state index is -1.24. The first-order valence-corrected chi connectivity index (χ1v) is 11.7. The molecule has 1 saturated heterocycles. The number of rotatable bonds is 12. The van der Waals surface area contributed by atoms with Gasteiger partial charge in [-0.1, -0.05) is 44.2 Å². The third-order valence-electron chi connectivity index (χ3n) is 5.96. The van der Waals surface area contributed by atoms with Crippen molar-refractivity contribution < 1.29 is 34.2 Å². The predicted molar refractivity (Wildman–Crippen MR) is 126 cm³/mol. The number of amides is 3. The van der Waals surface area contributed by atoms with E-state index in [9.17, 15) is 29.1 Å². The van der Waals surface area contributed by atoms with Crippen LogP contribution in [-0.2, 0) is 30.4 Å². The molecule has 1 heterocycles. The molecule has 1 aliphatic heterocycles. The largest absolute Gasteiger partial charge is 0.481 e. The fraction of sp³-hybridized carbons (Fsp3) is 0.542. The molecule has 192 valence electrons. The van der Waals surface area contributed by atoms with E-state index in [-0.39, 0.29) is 31.7 Å². The van der Waals surface area contributed by atoms with Crippen LogP contribution in [0.3, 0.4) is 0 Å². The number of carboxylic acid groups (broad SMARTS) is 2. The molecule has 11 nitrogen and oxygen atoms in total. The number of carbonyl (C=O) groups excluding carboxylic acids is 3. The summed E-state index contributed by atoms with van der Waals surface area (Å²) in [5.74, 6) is -4.54. The lowest BCUT2D eigenvalue weighted by Crippen LogP contribution is -2.58. The highest BCUT2D eigenvalue weighted by atomic mass is 16.4. The van der Waals surface area contributed by atoms with Crippen molar-refractivity contribution in [2.75, 3.05) is 6.54 Å². The summed E-state index contributed by atoms with van der Waals surface area (Å²) in [6, 6.07) is 4.97. The van der Waals surface area contributed by atoms with Gasteiger partial charge < -0.3 is 31.5 Å². The van der Waals surface area contributed by atoms with Gasteiger partial charge in [0.25, 0.3) is 0 Å². The Balaban J connectivity index is 2.11. The molecular weight excluding hydrogens is 456 g/mol. The number of nitrogens with one attached hydrogen (secondary N) is 2. The molecule has 0 unspecified atom stereocenters. The summed E-state index contributed by atoms with van der Waals surface area (Å²) in [5.41, 5.74) is 6.89. The molecule has 3 amide bonds. The van der Waals surface area contributed by atoms with Crippen molar-refractivity contribution in [2.24, 2.45) is 11.7 Å². The van der Waals surface area contributed by atoms with Gasteiger partial charge in [-0.15, -0.1) is 0 Å². The van der Waals surface area contributed by atoms with Gasteiger partial charge in [-0.05, 0) is 37.2 Å². The van der Waals surface area contributed by atoms with Crippen molar-refractivity contribution in [2.45, 2.75) is 70.1 Å². The fourth-order valence-electron chi connectivity index (χ4n) is 4.03. The van der Waals surface area contributed by atoms with Gasteiger partial charge in [0.15, 0.2) is 0 Å². The van der Waals surface area contributed by atoms with E-state index >= 15 is 0 Å². The number of carboxylic acids is 2. The Bertz CT molecular complexity index is 922. The molecule has 0 saturated carbocycles. The summed E-state index contributed by atoms with van der Waals surface area (Å²) < 4.78 is 0. The topological polar surface area (TPSA) is 179 Å².